The van der Waals surface area contributed by atoms with Gasteiger partial charge in [-0.3, -0.25) is 0 Å². The number of hydrogen-bond donors (Lipinski definition) is 0. The minimum atomic E-state index is -1.48. The highest BCUT2D eigenvalue weighted by Crippen LogP contribution is 2.73. The van der Waals surface area contributed by atoms with Gasteiger partial charge in [0, 0.05) is 0 Å². The van der Waals surface area contributed by atoms with E-state index < -0.39 is 19.5 Å². The molecule has 3 atom stereocenters. The van der Waals surface area contributed by atoms with E-state index in [1.807, 2.05) is 0 Å². The first-order valence-corrected chi connectivity index (χ1v) is 6.36. The summed E-state index contributed by atoms with van der Waals surface area (Å²) in [5.41, 5.74) is 0. The Hall–Kier alpha value is 1.77. The maximum Gasteiger partial charge on any atom is 0.167 e. The van der Waals surface area contributed by atoms with Crippen molar-refractivity contribution in [3.05, 3.63) is 10.1 Å². The van der Waals surface area contributed by atoms with Gasteiger partial charge in [-0.25, -0.2) is 0 Å². The van der Waals surface area contributed by atoms with Gasteiger partial charge in [0.2, 0.25) is 0 Å². The van der Waals surface area contributed by atoms with Crippen molar-refractivity contribution < 1.29 is 0 Å². The summed E-state index contributed by atoms with van der Waals surface area (Å²) < 4.78 is -1.48. The number of alkyl halides is 5. The van der Waals surface area contributed by atoms with Crippen LogP contribution in [0.1, 0.15) is 6.42 Å². The average Bonchev–Trinajstić information content (AvgIpc) is 2.27. The molecule has 2 bridgehead atoms. The van der Waals surface area contributed by atoms with E-state index in [9.17, 15) is 0 Å². The molecule has 0 aromatic rings. The second-order valence-corrected chi connectivity index (χ2v) is 7.24. The van der Waals surface area contributed by atoms with Gasteiger partial charge in [-0.1, -0.05) is 46.4 Å². The number of fused-ring (bicyclic) bond motifs is 2. The number of halogens is 7. The molecular formula is C7H3Cl7. The van der Waals surface area contributed by atoms with Crippen LogP contribution >= 0.6 is 81.2 Å². The Labute approximate surface area is 116 Å². The Balaban J connectivity index is 2.70. The maximum atomic E-state index is 6.22. The molecule has 0 heterocycles. The summed E-state index contributed by atoms with van der Waals surface area (Å²) in [6, 6.07) is 0. The molecule has 1 fully saturated rings. The third kappa shape index (κ3) is 1.03. The number of allylic oxidation sites excluding steroid dienone is 2. The van der Waals surface area contributed by atoms with Gasteiger partial charge < -0.3 is 0 Å². The third-order valence-electron chi connectivity index (χ3n) is 2.71. The molecule has 1 saturated carbocycles. The van der Waals surface area contributed by atoms with Crippen LogP contribution < -0.4 is 0 Å². The van der Waals surface area contributed by atoms with Gasteiger partial charge in [0.1, 0.15) is 9.75 Å². The zero-order valence-corrected chi connectivity index (χ0v) is 11.7. The SMILES string of the molecule is ClC1=C(Cl)[C@]2(Cl)[C@H](Cl)C[C@@]1(Cl)C2(Cl)Cl. The second-order valence-electron chi connectivity index (χ2n) is 3.39. The number of hydrogen-bond acceptors (Lipinski definition) is 0. The predicted molar refractivity (Wildman–Crippen MR) is 64.6 cm³/mol. The van der Waals surface area contributed by atoms with Crippen LogP contribution in [0.25, 0.3) is 0 Å². The second kappa shape index (κ2) is 3.16. The van der Waals surface area contributed by atoms with Gasteiger partial charge in [0.05, 0.1) is 15.4 Å². The van der Waals surface area contributed by atoms with Gasteiger partial charge >= 0.3 is 0 Å². The maximum absolute atomic E-state index is 6.22. The molecule has 80 valence electrons. The largest absolute Gasteiger partial charge is 0.167 e. The molecule has 0 aliphatic heterocycles. The van der Waals surface area contributed by atoms with Gasteiger partial charge in [-0.2, -0.15) is 0 Å². The van der Waals surface area contributed by atoms with E-state index in [2.05, 4.69) is 0 Å². The van der Waals surface area contributed by atoms with Crippen LogP contribution in [0.15, 0.2) is 10.1 Å². The average molecular weight is 335 g/mol. The molecular weight excluding hydrogens is 332 g/mol. The monoisotopic (exact) mass is 332 g/mol. The van der Waals surface area contributed by atoms with Crippen molar-refractivity contribution >= 4 is 81.2 Å². The van der Waals surface area contributed by atoms with Crippen molar-refractivity contribution in [2.45, 2.75) is 25.9 Å². The fourth-order valence-corrected chi connectivity index (χ4v) is 5.26. The van der Waals surface area contributed by atoms with Crippen molar-refractivity contribution in [1.82, 2.24) is 0 Å². The minimum absolute atomic E-state index is 0.145. The summed E-state index contributed by atoms with van der Waals surface area (Å²) in [5, 5.41) is -0.198. The van der Waals surface area contributed by atoms with Gasteiger partial charge in [0.25, 0.3) is 0 Å². The molecule has 0 spiro atoms. The van der Waals surface area contributed by atoms with E-state index in [0.717, 1.165) is 0 Å². The van der Waals surface area contributed by atoms with Crippen LogP contribution in [-0.2, 0) is 0 Å². The molecule has 0 aromatic heterocycles. The van der Waals surface area contributed by atoms with Crippen LogP contribution in [0.5, 0.6) is 0 Å². The Kier molecular flexibility index (Phi) is 2.76. The summed E-state index contributed by atoms with van der Waals surface area (Å²) in [5.74, 6) is 0. The van der Waals surface area contributed by atoms with E-state index in [1.54, 1.807) is 0 Å². The van der Waals surface area contributed by atoms with Gasteiger partial charge in [-0.15, -0.1) is 34.8 Å². The summed E-state index contributed by atoms with van der Waals surface area (Å²) >= 11 is 42.6. The van der Waals surface area contributed by atoms with Crippen LogP contribution in [0.3, 0.4) is 0 Å². The van der Waals surface area contributed by atoms with Gasteiger partial charge in [0.15, 0.2) is 4.33 Å². The third-order valence-corrected chi connectivity index (χ3v) is 7.58. The Morgan fingerprint density at radius 2 is 1.50 bits per heavy atom. The molecule has 0 amide bonds. The van der Waals surface area contributed by atoms with Crippen LogP contribution in [0, 0.1) is 0 Å². The van der Waals surface area contributed by atoms with E-state index in [4.69, 9.17) is 81.2 Å². The van der Waals surface area contributed by atoms with Crippen LogP contribution in [-0.4, -0.2) is 19.5 Å². The molecule has 0 unspecified atom stereocenters. The smallest absolute Gasteiger partial charge is 0.120 e. The van der Waals surface area contributed by atoms with E-state index in [0.29, 0.717) is 6.42 Å². The minimum Gasteiger partial charge on any atom is -0.120 e. The fraction of sp³-hybridized carbons (Fsp3) is 0.714. The summed E-state index contributed by atoms with van der Waals surface area (Å²) in [7, 11) is 0. The lowest BCUT2D eigenvalue weighted by molar-refractivity contribution is 0.684. The quantitative estimate of drug-likeness (QED) is 0.556. The highest BCUT2D eigenvalue weighted by atomic mass is 35.5. The fourth-order valence-electron chi connectivity index (χ4n) is 1.84. The van der Waals surface area contributed by atoms with Crippen molar-refractivity contribution in [3.8, 4) is 0 Å². The van der Waals surface area contributed by atoms with Crippen LogP contribution in [0.2, 0.25) is 0 Å². The van der Waals surface area contributed by atoms with Crippen molar-refractivity contribution in [3.63, 3.8) is 0 Å². The lowest BCUT2D eigenvalue weighted by Gasteiger charge is -2.31. The molecule has 0 saturated heterocycles. The molecule has 0 nitrogen and oxygen atoms in total. The van der Waals surface area contributed by atoms with Crippen molar-refractivity contribution in [2.75, 3.05) is 0 Å². The predicted octanol–water partition coefficient (Wildman–Crippen LogP) is 4.83. The highest BCUT2D eigenvalue weighted by Gasteiger charge is 2.78. The standard InChI is InChI=1S/C7H3Cl7/c8-2-1-5(11)3(9)4(10)6(2,12)7(5,13)14/h2H,1H2/t2-,5+,6-/m1/s1. The van der Waals surface area contributed by atoms with E-state index in [-0.39, 0.29) is 10.1 Å². The summed E-state index contributed by atoms with van der Waals surface area (Å²) in [4.78, 5) is -2.47. The lowest BCUT2D eigenvalue weighted by atomic mass is 10.1. The molecule has 14 heavy (non-hydrogen) atoms. The zero-order valence-electron chi connectivity index (χ0n) is 6.43. The Morgan fingerprint density at radius 3 is 1.79 bits per heavy atom. The number of rotatable bonds is 0. The summed E-state index contributed by atoms with van der Waals surface area (Å²) in [6.45, 7) is 0. The molecule has 7 heteroatoms. The topological polar surface area (TPSA) is 0 Å². The van der Waals surface area contributed by atoms with Crippen LogP contribution in [0.4, 0.5) is 0 Å². The van der Waals surface area contributed by atoms with E-state index >= 15 is 0 Å². The normalized spacial score (nSPS) is 50.4. The van der Waals surface area contributed by atoms with E-state index in [1.165, 1.54) is 0 Å². The molecule has 0 radical (unpaired) electrons. The van der Waals surface area contributed by atoms with Crippen molar-refractivity contribution in [1.29, 1.82) is 0 Å². The summed E-state index contributed by atoms with van der Waals surface area (Å²) in [6.07, 6.45) is 0.293. The molecule has 0 aromatic carbocycles. The molecule has 2 aliphatic rings. The Morgan fingerprint density at radius 1 is 1.00 bits per heavy atom. The first-order chi connectivity index (χ1) is 6.19. The van der Waals surface area contributed by atoms with Crippen molar-refractivity contribution in [2.24, 2.45) is 0 Å². The molecule has 0 N–H and O–H groups in total. The van der Waals surface area contributed by atoms with Gasteiger partial charge in [-0.05, 0) is 6.42 Å². The Bertz CT molecular complexity index is 335. The zero-order chi connectivity index (χ0) is 10.9. The lowest BCUT2D eigenvalue weighted by Crippen LogP contribution is -2.44. The molecule has 2 rings (SSSR count). The molecule has 2 aliphatic carbocycles. The highest BCUT2D eigenvalue weighted by molar-refractivity contribution is 6.66. The first-order valence-electron chi connectivity index (χ1n) is 3.65. The first kappa shape index (κ1) is 12.2.